The first-order valence-corrected chi connectivity index (χ1v) is 7.10. The number of nitrogens with zero attached hydrogens (tertiary/aromatic N) is 2. The van der Waals surface area contributed by atoms with Crippen LogP contribution in [-0.4, -0.2) is 52.1 Å². The number of carbonyl (C=O) groups is 2. The largest absolute Gasteiger partial charge is 0.480 e. The number of nitrogens with one attached hydrogen (secondary N) is 1. The molecular formula is C14H19N3O3. The van der Waals surface area contributed by atoms with Crippen LogP contribution in [0.15, 0.2) is 18.3 Å². The number of carboxylic acids is 1. The molecule has 108 valence electrons. The summed E-state index contributed by atoms with van der Waals surface area (Å²) in [5.41, 5.74) is 0.614. The summed E-state index contributed by atoms with van der Waals surface area (Å²) in [7, 11) is 0. The molecule has 1 aliphatic carbocycles. The lowest BCUT2D eigenvalue weighted by atomic mass is 9.93. The van der Waals surface area contributed by atoms with Crippen molar-refractivity contribution in [2.75, 3.05) is 19.6 Å². The van der Waals surface area contributed by atoms with Crippen molar-refractivity contribution in [2.24, 2.45) is 0 Å². The lowest BCUT2D eigenvalue weighted by Crippen LogP contribution is -2.57. The highest BCUT2D eigenvalue weighted by Gasteiger charge is 2.34. The van der Waals surface area contributed by atoms with Gasteiger partial charge in [-0.1, -0.05) is 0 Å². The summed E-state index contributed by atoms with van der Waals surface area (Å²) >= 11 is 0. The molecule has 0 aromatic carbocycles. The van der Waals surface area contributed by atoms with Crippen molar-refractivity contribution in [1.82, 2.24) is 14.8 Å². The molecule has 0 spiro atoms. The third-order valence-corrected chi connectivity index (χ3v) is 4.26. The van der Waals surface area contributed by atoms with Crippen LogP contribution in [0.2, 0.25) is 0 Å². The van der Waals surface area contributed by atoms with E-state index in [0.29, 0.717) is 31.4 Å². The van der Waals surface area contributed by atoms with Gasteiger partial charge in [0.15, 0.2) is 0 Å². The monoisotopic (exact) mass is 277 g/mol. The molecule has 2 aliphatic rings. The van der Waals surface area contributed by atoms with Gasteiger partial charge in [0.25, 0.3) is 5.91 Å². The Morgan fingerprint density at radius 1 is 1.35 bits per heavy atom. The van der Waals surface area contributed by atoms with Gasteiger partial charge in [0.2, 0.25) is 0 Å². The molecular weight excluding hydrogens is 258 g/mol. The highest BCUT2D eigenvalue weighted by atomic mass is 16.4. The summed E-state index contributed by atoms with van der Waals surface area (Å²) in [6.07, 6.45) is 5.31. The standard InChI is InChI=1S/C14H19N3O3/c18-13(17-8-6-15-9-12(17)14(19)20)11-5-2-7-16(11)10-3-1-4-10/h2,5,7,10,12,15H,1,3-4,6,8-9H2,(H,19,20). The van der Waals surface area contributed by atoms with Gasteiger partial charge in [-0.15, -0.1) is 0 Å². The molecule has 6 nitrogen and oxygen atoms in total. The Hall–Kier alpha value is -1.82. The average molecular weight is 277 g/mol. The quantitative estimate of drug-likeness (QED) is 0.853. The average Bonchev–Trinajstić information content (AvgIpc) is 2.85. The fraction of sp³-hybridized carbons (Fsp3) is 0.571. The van der Waals surface area contributed by atoms with Gasteiger partial charge in [-0.3, -0.25) is 4.79 Å². The number of hydrogen-bond donors (Lipinski definition) is 2. The molecule has 0 bridgehead atoms. The van der Waals surface area contributed by atoms with Gasteiger partial charge in [-0.05, 0) is 31.4 Å². The van der Waals surface area contributed by atoms with E-state index in [0.717, 1.165) is 12.8 Å². The maximum Gasteiger partial charge on any atom is 0.327 e. The van der Waals surface area contributed by atoms with E-state index in [9.17, 15) is 14.7 Å². The number of carbonyl (C=O) groups excluding carboxylic acids is 1. The number of hydrogen-bond acceptors (Lipinski definition) is 3. The highest BCUT2D eigenvalue weighted by Crippen LogP contribution is 2.33. The van der Waals surface area contributed by atoms with Crippen molar-refractivity contribution in [3.8, 4) is 0 Å². The molecule has 2 fully saturated rings. The number of aliphatic carboxylic acids is 1. The second-order valence-electron chi connectivity index (χ2n) is 5.44. The van der Waals surface area contributed by atoms with Gasteiger partial charge in [0, 0.05) is 31.9 Å². The molecule has 6 heteroatoms. The summed E-state index contributed by atoms with van der Waals surface area (Å²) in [6, 6.07) is 3.28. The smallest absolute Gasteiger partial charge is 0.327 e. The highest BCUT2D eigenvalue weighted by molar-refractivity contribution is 5.95. The van der Waals surface area contributed by atoms with E-state index in [1.165, 1.54) is 11.3 Å². The van der Waals surface area contributed by atoms with Crippen LogP contribution in [0, 0.1) is 0 Å². The molecule has 1 aromatic rings. The number of carboxylic acid groups (broad SMARTS) is 1. The third-order valence-electron chi connectivity index (χ3n) is 4.26. The first-order valence-electron chi connectivity index (χ1n) is 7.10. The van der Waals surface area contributed by atoms with E-state index in [4.69, 9.17) is 0 Å². The Morgan fingerprint density at radius 3 is 2.80 bits per heavy atom. The predicted octanol–water partition coefficient (Wildman–Crippen LogP) is 0.712. The zero-order valence-electron chi connectivity index (χ0n) is 11.3. The Labute approximate surface area is 117 Å². The van der Waals surface area contributed by atoms with Crippen LogP contribution >= 0.6 is 0 Å². The van der Waals surface area contributed by atoms with Crippen molar-refractivity contribution in [2.45, 2.75) is 31.3 Å². The van der Waals surface area contributed by atoms with Gasteiger partial charge < -0.3 is 19.9 Å². The van der Waals surface area contributed by atoms with Gasteiger partial charge in [-0.25, -0.2) is 4.79 Å². The molecule has 1 saturated carbocycles. The van der Waals surface area contributed by atoms with Crippen LogP contribution in [0.4, 0.5) is 0 Å². The van der Waals surface area contributed by atoms with E-state index in [-0.39, 0.29) is 5.91 Å². The minimum Gasteiger partial charge on any atom is -0.480 e. The lowest BCUT2D eigenvalue weighted by molar-refractivity contribution is -0.142. The minimum atomic E-state index is -0.952. The molecule has 0 radical (unpaired) electrons. The SMILES string of the molecule is O=C(O)C1CNCCN1C(=O)c1cccn1C1CCC1. The second-order valence-corrected chi connectivity index (χ2v) is 5.44. The van der Waals surface area contributed by atoms with E-state index >= 15 is 0 Å². The molecule has 2 heterocycles. The normalized spacial score (nSPS) is 23.4. The summed E-state index contributed by atoms with van der Waals surface area (Å²) in [5.74, 6) is -1.12. The minimum absolute atomic E-state index is 0.171. The number of aromatic nitrogens is 1. The van der Waals surface area contributed by atoms with Crippen molar-refractivity contribution in [1.29, 1.82) is 0 Å². The molecule has 1 aliphatic heterocycles. The fourth-order valence-electron chi connectivity index (χ4n) is 2.87. The number of rotatable bonds is 3. The van der Waals surface area contributed by atoms with Gasteiger partial charge in [-0.2, -0.15) is 0 Å². The van der Waals surface area contributed by atoms with Crippen LogP contribution in [0.3, 0.4) is 0 Å². The van der Waals surface area contributed by atoms with Crippen LogP contribution in [-0.2, 0) is 4.79 Å². The lowest BCUT2D eigenvalue weighted by Gasteiger charge is -2.35. The van der Waals surface area contributed by atoms with E-state index < -0.39 is 12.0 Å². The molecule has 1 saturated heterocycles. The van der Waals surface area contributed by atoms with E-state index in [1.807, 2.05) is 16.8 Å². The second kappa shape index (κ2) is 5.28. The van der Waals surface area contributed by atoms with Gasteiger partial charge in [0.1, 0.15) is 11.7 Å². The first-order chi connectivity index (χ1) is 9.68. The van der Waals surface area contributed by atoms with Crippen LogP contribution in [0.5, 0.6) is 0 Å². The maximum atomic E-state index is 12.7. The van der Waals surface area contributed by atoms with Crippen molar-refractivity contribution >= 4 is 11.9 Å². The van der Waals surface area contributed by atoms with Crippen LogP contribution in [0.25, 0.3) is 0 Å². The van der Waals surface area contributed by atoms with Gasteiger partial charge in [0.05, 0.1) is 0 Å². The van der Waals surface area contributed by atoms with Crippen molar-refractivity contribution in [3.05, 3.63) is 24.0 Å². The summed E-state index contributed by atoms with van der Waals surface area (Å²) in [4.78, 5) is 25.4. The summed E-state index contributed by atoms with van der Waals surface area (Å²) in [5, 5.41) is 12.3. The van der Waals surface area contributed by atoms with Crippen molar-refractivity contribution < 1.29 is 14.7 Å². The molecule has 1 aromatic heterocycles. The van der Waals surface area contributed by atoms with Crippen LogP contribution in [0.1, 0.15) is 35.8 Å². The van der Waals surface area contributed by atoms with Gasteiger partial charge >= 0.3 is 5.97 Å². The third kappa shape index (κ3) is 2.20. The summed E-state index contributed by atoms with van der Waals surface area (Å²) in [6.45, 7) is 1.39. The first kappa shape index (κ1) is 13.2. The Bertz CT molecular complexity index is 521. The Kier molecular flexibility index (Phi) is 3.48. The maximum absolute atomic E-state index is 12.7. The zero-order valence-corrected chi connectivity index (χ0v) is 11.3. The molecule has 3 rings (SSSR count). The van der Waals surface area contributed by atoms with E-state index in [1.54, 1.807) is 6.07 Å². The Balaban J connectivity index is 1.83. The Morgan fingerprint density at radius 2 is 2.15 bits per heavy atom. The predicted molar refractivity (Wildman–Crippen MR) is 72.7 cm³/mol. The zero-order chi connectivity index (χ0) is 14.1. The molecule has 1 unspecified atom stereocenters. The summed E-state index contributed by atoms with van der Waals surface area (Å²) < 4.78 is 2.01. The number of amides is 1. The molecule has 1 amide bonds. The van der Waals surface area contributed by atoms with Crippen molar-refractivity contribution in [3.63, 3.8) is 0 Å². The molecule has 20 heavy (non-hydrogen) atoms. The number of piperazine rings is 1. The van der Waals surface area contributed by atoms with Crippen LogP contribution < -0.4 is 5.32 Å². The topological polar surface area (TPSA) is 74.6 Å². The van der Waals surface area contributed by atoms with E-state index in [2.05, 4.69) is 5.32 Å². The fourth-order valence-corrected chi connectivity index (χ4v) is 2.87. The molecule has 2 N–H and O–H groups in total. The molecule has 1 atom stereocenters.